The molecule has 0 saturated carbocycles. The van der Waals surface area contributed by atoms with Gasteiger partial charge >= 0.3 is 0 Å². The van der Waals surface area contributed by atoms with Gasteiger partial charge in [-0.05, 0) is 39.0 Å². The Labute approximate surface area is 142 Å². The fourth-order valence-corrected chi connectivity index (χ4v) is 5.93. The monoisotopic (exact) mass is 402 g/mol. The van der Waals surface area contributed by atoms with E-state index in [1.165, 1.54) is 15.6 Å². The maximum atomic E-state index is 13.0. The fraction of sp³-hybridized carbons (Fsp3) is 0.357. The third kappa shape index (κ3) is 2.63. The third-order valence-electron chi connectivity index (χ3n) is 3.33. The van der Waals surface area contributed by atoms with E-state index in [4.69, 9.17) is 4.74 Å². The lowest BCUT2D eigenvalue weighted by atomic mass is 10.2. The first-order valence-electron chi connectivity index (χ1n) is 6.72. The Morgan fingerprint density at radius 3 is 2.77 bits per heavy atom. The van der Waals surface area contributed by atoms with Crippen LogP contribution in [-0.2, 0) is 10.0 Å². The Morgan fingerprint density at radius 2 is 2.14 bits per heavy atom. The molecule has 5 nitrogen and oxygen atoms in total. The summed E-state index contributed by atoms with van der Waals surface area (Å²) in [5.41, 5.74) is 1.10. The van der Waals surface area contributed by atoms with Gasteiger partial charge in [0, 0.05) is 4.47 Å². The van der Waals surface area contributed by atoms with Gasteiger partial charge in [0.25, 0.3) is 10.0 Å². The quantitative estimate of drug-likeness (QED) is 0.770. The molecule has 22 heavy (non-hydrogen) atoms. The smallest absolute Gasteiger partial charge is 0.275 e. The summed E-state index contributed by atoms with van der Waals surface area (Å²) >= 11 is 4.59. The molecular weight excluding hydrogens is 388 g/mol. The lowest BCUT2D eigenvalue weighted by Crippen LogP contribution is -2.42. The number of sulfonamides is 1. The number of anilines is 1. The summed E-state index contributed by atoms with van der Waals surface area (Å²) < 4.78 is 34.4. The van der Waals surface area contributed by atoms with Crippen molar-refractivity contribution in [3.63, 3.8) is 0 Å². The number of nitrogens with zero attached hydrogens (tertiary/aromatic N) is 2. The van der Waals surface area contributed by atoms with Crippen molar-refractivity contribution in [1.82, 2.24) is 4.98 Å². The molecule has 0 aliphatic carbocycles. The van der Waals surface area contributed by atoms with E-state index in [1.54, 1.807) is 19.1 Å². The van der Waals surface area contributed by atoms with Crippen LogP contribution in [0.25, 0.3) is 0 Å². The number of benzene rings is 1. The average molecular weight is 403 g/mol. The normalized spacial score (nSPS) is 18.0. The second-order valence-electron chi connectivity index (χ2n) is 5.18. The largest absolute Gasteiger partial charge is 0.487 e. The maximum Gasteiger partial charge on any atom is 0.275 e. The first-order chi connectivity index (χ1) is 10.3. The molecule has 1 aliphatic rings. The zero-order valence-electron chi connectivity index (χ0n) is 12.3. The minimum atomic E-state index is -3.64. The number of thiazole rings is 1. The SMILES string of the molecule is Cc1nc(C)c(S(=O)(=O)N2CC(C)Oc3cc(Br)ccc32)s1. The highest BCUT2D eigenvalue weighted by Crippen LogP contribution is 2.40. The first-order valence-corrected chi connectivity index (χ1v) is 9.77. The Kier molecular flexibility index (Phi) is 3.94. The van der Waals surface area contributed by atoms with E-state index in [9.17, 15) is 8.42 Å². The molecule has 0 spiro atoms. The van der Waals surface area contributed by atoms with Crippen LogP contribution in [0, 0.1) is 13.8 Å². The third-order valence-corrected chi connectivity index (χ3v) is 7.26. The number of hydrogen-bond donors (Lipinski definition) is 0. The summed E-state index contributed by atoms with van der Waals surface area (Å²) in [5, 5.41) is 0.744. The van der Waals surface area contributed by atoms with Crippen molar-refractivity contribution in [1.29, 1.82) is 0 Å². The molecule has 1 aromatic carbocycles. The number of hydrogen-bond acceptors (Lipinski definition) is 5. The van der Waals surface area contributed by atoms with Crippen LogP contribution in [0.1, 0.15) is 17.6 Å². The molecule has 1 aliphatic heterocycles. The van der Waals surface area contributed by atoms with E-state index in [-0.39, 0.29) is 12.6 Å². The summed E-state index contributed by atoms with van der Waals surface area (Å²) in [6.07, 6.45) is -0.217. The minimum Gasteiger partial charge on any atom is -0.487 e. The molecule has 1 unspecified atom stereocenters. The molecule has 0 N–H and O–H groups in total. The van der Waals surface area contributed by atoms with Crippen LogP contribution in [0.4, 0.5) is 5.69 Å². The van der Waals surface area contributed by atoms with Crippen LogP contribution in [0.3, 0.4) is 0 Å². The van der Waals surface area contributed by atoms with Crippen molar-refractivity contribution in [2.24, 2.45) is 0 Å². The summed E-state index contributed by atoms with van der Waals surface area (Å²) in [7, 11) is -3.64. The molecule has 2 aromatic rings. The van der Waals surface area contributed by atoms with E-state index >= 15 is 0 Å². The summed E-state index contributed by atoms with van der Waals surface area (Å²) in [6, 6.07) is 5.36. The van der Waals surface area contributed by atoms with Gasteiger partial charge in [-0.25, -0.2) is 13.4 Å². The Morgan fingerprint density at radius 1 is 1.41 bits per heavy atom. The molecule has 8 heteroatoms. The Bertz CT molecular complexity index is 833. The van der Waals surface area contributed by atoms with Crippen LogP contribution in [0.2, 0.25) is 0 Å². The molecule has 118 valence electrons. The number of halogens is 1. The second kappa shape index (κ2) is 5.50. The van der Waals surface area contributed by atoms with Crippen LogP contribution in [-0.4, -0.2) is 26.1 Å². The lowest BCUT2D eigenvalue weighted by Gasteiger charge is -2.33. The number of rotatable bonds is 2. The van der Waals surface area contributed by atoms with Gasteiger partial charge in [0.15, 0.2) is 4.21 Å². The standard InChI is InChI=1S/C14H15BrN2O3S2/c1-8-7-17(12-5-4-11(15)6-13(12)20-8)22(18,19)14-9(2)16-10(3)21-14/h4-6,8H,7H2,1-3H3. The zero-order valence-corrected chi connectivity index (χ0v) is 15.5. The number of fused-ring (bicyclic) bond motifs is 1. The van der Waals surface area contributed by atoms with Crippen LogP contribution >= 0.6 is 27.3 Å². The van der Waals surface area contributed by atoms with E-state index in [0.29, 0.717) is 21.3 Å². The maximum absolute atomic E-state index is 13.0. The molecule has 0 bridgehead atoms. The van der Waals surface area contributed by atoms with Gasteiger partial charge in [0.2, 0.25) is 0 Å². The van der Waals surface area contributed by atoms with Crippen LogP contribution in [0.15, 0.2) is 26.9 Å². The summed E-state index contributed by atoms with van der Waals surface area (Å²) in [5.74, 6) is 0.565. The highest BCUT2D eigenvalue weighted by molar-refractivity contribution is 9.10. The van der Waals surface area contributed by atoms with Crippen LogP contribution in [0.5, 0.6) is 5.75 Å². The molecule has 0 amide bonds. The minimum absolute atomic E-state index is 0.217. The van der Waals surface area contributed by atoms with Crippen molar-refractivity contribution >= 4 is 43.0 Å². The molecule has 3 rings (SSSR count). The number of aryl methyl sites for hydroxylation is 2. The van der Waals surface area contributed by atoms with Crippen molar-refractivity contribution in [2.45, 2.75) is 31.1 Å². The Hall–Kier alpha value is -1.12. The number of aromatic nitrogens is 1. The van der Waals surface area contributed by atoms with Crippen molar-refractivity contribution in [3.05, 3.63) is 33.4 Å². The second-order valence-corrected chi connectivity index (χ2v) is 9.36. The zero-order chi connectivity index (χ0) is 16.1. The molecule has 0 radical (unpaired) electrons. The van der Waals surface area contributed by atoms with Crippen molar-refractivity contribution < 1.29 is 13.2 Å². The Balaban J connectivity index is 2.14. The van der Waals surface area contributed by atoms with Crippen molar-refractivity contribution in [2.75, 3.05) is 10.8 Å². The predicted molar refractivity (Wildman–Crippen MR) is 90.4 cm³/mol. The van der Waals surface area contributed by atoms with Crippen LogP contribution < -0.4 is 9.04 Å². The highest BCUT2D eigenvalue weighted by atomic mass is 79.9. The van der Waals surface area contributed by atoms with Gasteiger partial charge in [-0.2, -0.15) is 0 Å². The lowest BCUT2D eigenvalue weighted by molar-refractivity contribution is 0.219. The van der Waals surface area contributed by atoms with Gasteiger partial charge in [0.1, 0.15) is 11.9 Å². The van der Waals surface area contributed by atoms with Gasteiger partial charge in [0.05, 0.1) is 22.9 Å². The molecular formula is C14H15BrN2O3S2. The highest BCUT2D eigenvalue weighted by Gasteiger charge is 2.35. The fourth-order valence-electron chi connectivity index (χ4n) is 2.45. The van der Waals surface area contributed by atoms with E-state index in [0.717, 1.165) is 9.48 Å². The van der Waals surface area contributed by atoms with E-state index in [1.807, 2.05) is 19.9 Å². The molecule has 1 aromatic heterocycles. The first kappa shape index (κ1) is 15.8. The predicted octanol–water partition coefficient (Wildman–Crippen LogP) is 3.50. The topological polar surface area (TPSA) is 59.5 Å². The summed E-state index contributed by atoms with van der Waals surface area (Å²) in [6.45, 7) is 5.68. The van der Waals surface area contributed by atoms with Gasteiger partial charge in [-0.1, -0.05) is 15.9 Å². The van der Waals surface area contributed by atoms with E-state index < -0.39 is 10.0 Å². The molecule has 0 saturated heterocycles. The average Bonchev–Trinajstić information content (AvgIpc) is 2.77. The van der Waals surface area contributed by atoms with Crippen molar-refractivity contribution in [3.8, 4) is 5.75 Å². The number of ether oxygens (including phenoxy) is 1. The van der Waals surface area contributed by atoms with E-state index in [2.05, 4.69) is 20.9 Å². The molecule has 2 heterocycles. The molecule has 0 fully saturated rings. The molecule has 1 atom stereocenters. The summed E-state index contributed by atoms with van der Waals surface area (Å²) in [4.78, 5) is 4.24. The van der Waals surface area contributed by atoms with Gasteiger partial charge < -0.3 is 4.74 Å². The van der Waals surface area contributed by atoms with Gasteiger partial charge in [-0.15, -0.1) is 11.3 Å². The van der Waals surface area contributed by atoms with Gasteiger partial charge in [-0.3, -0.25) is 4.31 Å².